The molecule has 0 atom stereocenters. The molecule has 2 rings (SSSR count). The summed E-state index contributed by atoms with van der Waals surface area (Å²) in [6.07, 6.45) is 1.35. The second kappa shape index (κ2) is 4.65. The lowest BCUT2D eigenvalue weighted by atomic mass is 10.2. The predicted molar refractivity (Wildman–Crippen MR) is 63.0 cm³/mol. The van der Waals surface area contributed by atoms with Crippen LogP contribution in [0.1, 0.15) is 5.56 Å². The number of benzene rings is 2. The van der Waals surface area contributed by atoms with Crippen LogP contribution in [0, 0.1) is 11.0 Å². The summed E-state index contributed by atoms with van der Waals surface area (Å²) < 4.78 is 13.3. The van der Waals surface area contributed by atoms with Crippen molar-refractivity contribution < 1.29 is 14.2 Å². The van der Waals surface area contributed by atoms with E-state index in [1.54, 1.807) is 12.1 Å². The highest BCUT2D eigenvalue weighted by atomic mass is 19.1. The number of phenolic OH excluding ortho intramolecular Hbond substituents is 1. The van der Waals surface area contributed by atoms with Gasteiger partial charge in [0, 0.05) is 17.7 Å². The molecule has 0 amide bonds. The van der Waals surface area contributed by atoms with E-state index in [-0.39, 0.29) is 11.6 Å². The number of rotatable bonds is 2. The predicted octanol–water partition coefficient (Wildman–Crippen LogP) is 2.79. The summed E-state index contributed by atoms with van der Waals surface area (Å²) in [6.45, 7) is 0. The first-order valence-corrected chi connectivity index (χ1v) is 5.01. The lowest BCUT2D eigenvalue weighted by molar-refractivity contribution is -0.354. The Bertz CT molecular complexity index is 532. The first-order chi connectivity index (χ1) is 8.15. The van der Waals surface area contributed by atoms with Gasteiger partial charge in [0.15, 0.2) is 6.21 Å². The van der Waals surface area contributed by atoms with Crippen LogP contribution in [-0.4, -0.2) is 16.1 Å². The maximum atomic E-state index is 12.7. The van der Waals surface area contributed by atoms with Crippen LogP contribution in [-0.2, 0) is 0 Å². The average molecular weight is 231 g/mol. The van der Waals surface area contributed by atoms with Gasteiger partial charge in [-0.25, -0.2) is 4.39 Å². The molecule has 0 saturated heterocycles. The molecule has 2 aromatic rings. The molecular weight excluding hydrogens is 221 g/mol. The van der Waals surface area contributed by atoms with Crippen molar-refractivity contribution in [2.24, 2.45) is 0 Å². The Kier molecular flexibility index (Phi) is 3.05. The molecule has 0 fully saturated rings. The molecule has 86 valence electrons. The molecule has 4 heteroatoms. The fourth-order valence-electron chi connectivity index (χ4n) is 1.36. The van der Waals surface area contributed by atoms with Gasteiger partial charge in [0.1, 0.15) is 11.6 Å². The first kappa shape index (κ1) is 11.1. The fourth-order valence-corrected chi connectivity index (χ4v) is 1.36. The van der Waals surface area contributed by atoms with Crippen LogP contribution in [0.3, 0.4) is 0 Å². The van der Waals surface area contributed by atoms with Gasteiger partial charge in [-0.1, -0.05) is 0 Å². The number of aromatic hydroxyl groups is 1. The van der Waals surface area contributed by atoms with E-state index in [1.807, 2.05) is 0 Å². The molecule has 0 bridgehead atoms. The van der Waals surface area contributed by atoms with Crippen LogP contribution in [0.5, 0.6) is 5.75 Å². The highest BCUT2D eigenvalue weighted by molar-refractivity contribution is 5.76. The highest BCUT2D eigenvalue weighted by Gasteiger charge is 2.01. The topological polar surface area (TPSA) is 46.3 Å². The van der Waals surface area contributed by atoms with Crippen molar-refractivity contribution in [2.45, 2.75) is 0 Å². The van der Waals surface area contributed by atoms with Gasteiger partial charge in [-0.3, -0.25) is 0 Å². The Hall–Kier alpha value is -2.36. The van der Waals surface area contributed by atoms with Crippen LogP contribution in [0.25, 0.3) is 0 Å². The molecule has 0 heterocycles. The number of hydrogen-bond acceptors (Lipinski definition) is 2. The maximum Gasteiger partial charge on any atom is 0.216 e. The quantitative estimate of drug-likeness (QED) is 0.374. The molecule has 0 aliphatic carbocycles. The van der Waals surface area contributed by atoms with Crippen LogP contribution in [0.4, 0.5) is 10.1 Å². The van der Waals surface area contributed by atoms with E-state index < -0.39 is 0 Å². The molecule has 0 unspecified atom stereocenters. The zero-order valence-corrected chi connectivity index (χ0v) is 8.88. The van der Waals surface area contributed by atoms with Crippen molar-refractivity contribution >= 4 is 11.9 Å². The van der Waals surface area contributed by atoms with Gasteiger partial charge in [-0.2, -0.15) is 4.74 Å². The normalized spacial score (nSPS) is 11.5. The SMILES string of the molecule is [O-][N+](=Cc1ccc(O)cc1)c1ccc(F)cc1. The van der Waals surface area contributed by atoms with E-state index >= 15 is 0 Å². The van der Waals surface area contributed by atoms with Crippen molar-refractivity contribution in [2.75, 3.05) is 0 Å². The lowest BCUT2D eigenvalue weighted by Gasteiger charge is -2.02. The van der Waals surface area contributed by atoms with Gasteiger partial charge >= 0.3 is 0 Å². The Morgan fingerprint density at radius 2 is 1.59 bits per heavy atom. The summed E-state index contributed by atoms with van der Waals surface area (Å²) in [5, 5.41) is 20.8. The summed E-state index contributed by atoms with van der Waals surface area (Å²) in [7, 11) is 0. The monoisotopic (exact) mass is 231 g/mol. The average Bonchev–Trinajstić information content (AvgIpc) is 2.33. The highest BCUT2D eigenvalue weighted by Crippen LogP contribution is 2.13. The number of nitrogens with zero attached hydrogens (tertiary/aromatic N) is 1. The molecule has 0 saturated carbocycles. The lowest BCUT2D eigenvalue weighted by Crippen LogP contribution is -1.98. The molecule has 17 heavy (non-hydrogen) atoms. The molecular formula is C13H10FNO2. The molecule has 0 radical (unpaired) electrons. The third kappa shape index (κ3) is 2.81. The summed E-state index contributed by atoms with van der Waals surface area (Å²) in [6, 6.07) is 11.5. The van der Waals surface area contributed by atoms with Crippen molar-refractivity contribution in [3.63, 3.8) is 0 Å². The molecule has 0 aromatic heterocycles. The van der Waals surface area contributed by atoms with Crippen LogP contribution in [0.15, 0.2) is 48.5 Å². The van der Waals surface area contributed by atoms with Gasteiger partial charge in [0.25, 0.3) is 0 Å². The second-order valence-corrected chi connectivity index (χ2v) is 3.52. The van der Waals surface area contributed by atoms with E-state index in [4.69, 9.17) is 5.11 Å². The van der Waals surface area contributed by atoms with Gasteiger partial charge in [0.2, 0.25) is 5.69 Å². The maximum absolute atomic E-state index is 12.7. The van der Waals surface area contributed by atoms with E-state index in [0.29, 0.717) is 16.0 Å². The Morgan fingerprint density at radius 1 is 1.00 bits per heavy atom. The second-order valence-electron chi connectivity index (χ2n) is 3.52. The Morgan fingerprint density at radius 3 is 2.18 bits per heavy atom. The molecule has 2 aromatic carbocycles. The van der Waals surface area contributed by atoms with Crippen LogP contribution < -0.4 is 0 Å². The van der Waals surface area contributed by atoms with Crippen LogP contribution >= 0.6 is 0 Å². The van der Waals surface area contributed by atoms with Gasteiger partial charge in [-0.05, 0) is 36.4 Å². The number of hydrogen-bond donors (Lipinski definition) is 1. The molecule has 0 aliphatic rings. The number of phenols is 1. The third-order valence-electron chi connectivity index (χ3n) is 2.24. The van der Waals surface area contributed by atoms with E-state index in [0.717, 1.165) is 0 Å². The minimum Gasteiger partial charge on any atom is -0.618 e. The molecule has 1 N–H and O–H groups in total. The van der Waals surface area contributed by atoms with Crippen LogP contribution in [0.2, 0.25) is 0 Å². The molecule has 0 aliphatic heterocycles. The first-order valence-electron chi connectivity index (χ1n) is 5.01. The van der Waals surface area contributed by atoms with Crippen molar-refractivity contribution in [1.82, 2.24) is 0 Å². The summed E-state index contributed by atoms with van der Waals surface area (Å²) in [5.74, 6) is -0.242. The summed E-state index contributed by atoms with van der Waals surface area (Å²) >= 11 is 0. The smallest absolute Gasteiger partial charge is 0.216 e. The Balaban J connectivity index is 2.27. The minimum absolute atomic E-state index is 0.140. The van der Waals surface area contributed by atoms with Crippen molar-refractivity contribution in [3.8, 4) is 5.75 Å². The zero-order chi connectivity index (χ0) is 12.3. The molecule has 0 spiro atoms. The van der Waals surface area contributed by atoms with E-state index in [9.17, 15) is 9.60 Å². The Labute approximate surface area is 97.7 Å². The zero-order valence-electron chi connectivity index (χ0n) is 8.88. The standard InChI is InChI=1S/C13H10FNO2/c14-11-3-5-12(6-4-11)15(17)9-10-1-7-13(16)8-2-10/h1-9,16H. The van der Waals surface area contributed by atoms with Gasteiger partial charge < -0.3 is 10.3 Å². The minimum atomic E-state index is -0.383. The van der Waals surface area contributed by atoms with Crippen molar-refractivity contribution in [3.05, 3.63) is 65.1 Å². The van der Waals surface area contributed by atoms with Gasteiger partial charge in [-0.15, -0.1) is 0 Å². The number of halogens is 1. The van der Waals surface area contributed by atoms with Crippen molar-refractivity contribution in [1.29, 1.82) is 0 Å². The molecule has 3 nitrogen and oxygen atoms in total. The van der Waals surface area contributed by atoms with Gasteiger partial charge in [0.05, 0.1) is 0 Å². The van der Waals surface area contributed by atoms with E-state index in [2.05, 4.69) is 0 Å². The largest absolute Gasteiger partial charge is 0.618 e. The summed E-state index contributed by atoms with van der Waals surface area (Å²) in [4.78, 5) is 0. The van der Waals surface area contributed by atoms with E-state index in [1.165, 1.54) is 42.6 Å². The fraction of sp³-hybridized carbons (Fsp3) is 0. The third-order valence-corrected chi connectivity index (χ3v) is 2.24. The summed E-state index contributed by atoms with van der Waals surface area (Å²) in [5.41, 5.74) is 1.00.